The van der Waals surface area contributed by atoms with Gasteiger partial charge in [-0.05, 0) is 62.6 Å². The summed E-state index contributed by atoms with van der Waals surface area (Å²) in [5.41, 5.74) is 6.41. The van der Waals surface area contributed by atoms with Gasteiger partial charge in [-0.15, -0.1) is 0 Å². The van der Waals surface area contributed by atoms with E-state index in [2.05, 4.69) is 0 Å². The van der Waals surface area contributed by atoms with Gasteiger partial charge in [-0.1, -0.05) is 54.0 Å². The Labute approximate surface area is 243 Å². The number of hydrogen-bond acceptors (Lipinski definition) is 10. The minimum Gasteiger partial charge on any atom is -0.480 e. The minimum absolute atomic E-state index is 0.0135. The van der Waals surface area contributed by atoms with E-state index in [4.69, 9.17) is 29.4 Å². The van der Waals surface area contributed by atoms with Crippen LogP contribution in [0.1, 0.15) is 93.1 Å². The van der Waals surface area contributed by atoms with Crippen molar-refractivity contribution >= 4 is 24.2 Å². The molecule has 1 rings (SSSR count). The van der Waals surface area contributed by atoms with Crippen LogP contribution in [0.5, 0.6) is 11.5 Å². The van der Waals surface area contributed by atoms with Gasteiger partial charge in [-0.25, -0.2) is 9.59 Å². The van der Waals surface area contributed by atoms with Crippen LogP contribution in [0.3, 0.4) is 0 Å². The Kier molecular flexibility index (Phi) is 14.6. The first-order valence-corrected chi connectivity index (χ1v) is 14.1. The molecule has 0 bridgehead atoms. The summed E-state index contributed by atoms with van der Waals surface area (Å²) >= 11 is 0. The number of hydrogen-bond donors (Lipinski definition) is 2. The standard InChI is InChI=1S/C30H47NO10/c1-10-18(6)13-26(32)37-19(7)14-23(27(31)28(33)34)22-11-12-24(40-29(35)38-20(8)16(2)3)25(15-22)41-30(36)39-21(9)17(4)5/h11-12,15-21,23,27H,10,13-14,31H2,1-9H3,(H,33,34)/t18?,19?,20?,21?,23?,27-/m0/s1. The quantitative estimate of drug-likeness (QED) is 0.141. The van der Waals surface area contributed by atoms with Crippen LogP contribution in [0.4, 0.5) is 9.59 Å². The van der Waals surface area contributed by atoms with Crippen molar-refractivity contribution in [3.05, 3.63) is 23.8 Å². The monoisotopic (exact) mass is 581 g/mol. The Morgan fingerprint density at radius 2 is 1.32 bits per heavy atom. The largest absolute Gasteiger partial charge is 0.514 e. The van der Waals surface area contributed by atoms with Gasteiger partial charge < -0.3 is 34.5 Å². The Morgan fingerprint density at radius 3 is 1.78 bits per heavy atom. The fourth-order valence-corrected chi connectivity index (χ4v) is 3.49. The lowest BCUT2D eigenvalue weighted by Gasteiger charge is -2.26. The molecule has 11 nitrogen and oxygen atoms in total. The van der Waals surface area contributed by atoms with E-state index in [9.17, 15) is 24.3 Å². The highest BCUT2D eigenvalue weighted by Gasteiger charge is 2.31. The van der Waals surface area contributed by atoms with Crippen LogP contribution >= 0.6 is 0 Å². The molecule has 0 heterocycles. The van der Waals surface area contributed by atoms with E-state index >= 15 is 0 Å². The summed E-state index contributed by atoms with van der Waals surface area (Å²) in [6.45, 7) is 16.5. The van der Waals surface area contributed by atoms with Crippen LogP contribution in [-0.4, -0.2) is 53.7 Å². The van der Waals surface area contributed by atoms with Crippen LogP contribution in [0.25, 0.3) is 0 Å². The molecule has 6 atom stereocenters. The van der Waals surface area contributed by atoms with E-state index in [-0.39, 0.29) is 42.1 Å². The van der Waals surface area contributed by atoms with Gasteiger partial charge in [-0.2, -0.15) is 0 Å². The van der Waals surface area contributed by atoms with Crippen LogP contribution in [0, 0.1) is 17.8 Å². The maximum Gasteiger partial charge on any atom is 0.514 e. The highest BCUT2D eigenvalue weighted by molar-refractivity contribution is 5.75. The third kappa shape index (κ3) is 12.4. The van der Waals surface area contributed by atoms with Gasteiger partial charge in [0, 0.05) is 12.3 Å². The summed E-state index contributed by atoms with van der Waals surface area (Å²) in [6, 6.07) is 2.84. The molecule has 0 aliphatic heterocycles. The second-order valence-corrected chi connectivity index (χ2v) is 11.3. The normalized spacial score (nSPS) is 15.7. The fraction of sp³-hybridized carbons (Fsp3) is 0.667. The Morgan fingerprint density at radius 1 is 0.805 bits per heavy atom. The van der Waals surface area contributed by atoms with Gasteiger partial charge in [0.25, 0.3) is 0 Å². The van der Waals surface area contributed by atoms with Crippen molar-refractivity contribution in [3.63, 3.8) is 0 Å². The number of aliphatic carboxylic acids is 1. The Hall–Kier alpha value is -3.34. The van der Waals surface area contributed by atoms with Crippen molar-refractivity contribution in [1.82, 2.24) is 0 Å². The number of carbonyl (C=O) groups is 4. The molecule has 0 saturated carbocycles. The van der Waals surface area contributed by atoms with Gasteiger partial charge in [0.15, 0.2) is 11.5 Å². The van der Waals surface area contributed by atoms with E-state index < -0.39 is 54.5 Å². The smallest absolute Gasteiger partial charge is 0.480 e. The van der Waals surface area contributed by atoms with Crippen LogP contribution < -0.4 is 15.2 Å². The Balaban J connectivity index is 3.36. The van der Waals surface area contributed by atoms with E-state index in [0.717, 1.165) is 6.42 Å². The average molecular weight is 582 g/mol. The highest BCUT2D eigenvalue weighted by atomic mass is 16.7. The van der Waals surface area contributed by atoms with Gasteiger partial charge in [0.2, 0.25) is 0 Å². The molecule has 0 fully saturated rings. The second-order valence-electron chi connectivity index (χ2n) is 11.3. The summed E-state index contributed by atoms with van der Waals surface area (Å²) < 4.78 is 26.8. The van der Waals surface area contributed by atoms with Crippen molar-refractivity contribution in [1.29, 1.82) is 0 Å². The number of esters is 1. The number of carboxylic acid groups (broad SMARTS) is 1. The fourth-order valence-electron chi connectivity index (χ4n) is 3.49. The molecular weight excluding hydrogens is 534 g/mol. The second kappa shape index (κ2) is 16.8. The molecule has 1 aromatic carbocycles. The first-order chi connectivity index (χ1) is 19.0. The number of rotatable bonds is 15. The average Bonchev–Trinajstić information content (AvgIpc) is 2.87. The minimum atomic E-state index is -1.38. The molecule has 0 aromatic heterocycles. The lowest BCUT2D eigenvalue weighted by molar-refractivity contribution is -0.149. The zero-order valence-electron chi connectivity index (χ0n) is 25.7. The molecule has 5 unspecified atom stereocenters. The summed E-state index contributed by atoms with van der Waals surface area (Å²) in [6.07, 6.45) is -2.49. The zero-order chi connectivity index (χ0) is 31.4. The molecular formula is C30H47NO10. The molecule has 0 saturated heterocycles. The lowest BCUT2D eigenvalue weighted by Crippen LogP contribution is -2.38. The lowest BCUT2D eigenvalue weighted by atomic mass is 9.87. The number of carbonyl (C=O) groups excluding carboxylic acids is 3. The summed E-state index contributed by atoms with van der Waals surface area (Å²) in [7, 11) is 0. The van der Waals surface area contributed by atoms with E-state index in [0.29, 0.717) is 5.56 Å². The van der Waals surface area contributed by atoms with E-state index in [1.54, 1.807) is 20.8 Å². The van der Waals surface area contributed by atoms with Gasteiger partial charge in [0.05, 0.1) is 6.10 Å². The first-order valence-electron chi connectivity index (χ1n) is 14.1. The molecule has 3 N–H and O–H groups in total. The topological polar surface area (TPSA) is 161 Å². The number of ether oxygens (including phenoxy) is 5. The number of benzene rings is 1. The zero-order valence-corrected chi connectivity index (χ0v) is 25.7. The predicted octanol–water partition coefficient (Wildman–Crippen LogP) is 6.06. The Bertz CT molecular complexity index is 1020. The predicted molar refractivity (Wildman–Crippen MR) is 152 cm³/mol. The molecule has 0 amide bonds. The maximum absolute atomic E-state index is 12.6. The van der Waals surface area contributed by atoms with Crippen molar-refractivity contribution in [2.45, 2.75) is 112 Å². The molecule has 0 aliphatic rings. The number of carboxylic acids is 1. The summed E-state index contributed by atoms with van der Waals surface area (Å²) in [5, 5.41) is 9.70. The molecule has 232 valence electrons. The molecule has 0 aliphatic carbocycles. The highest BCUT2D eigenvalue weighted by Crippen LogP contribution is 2.35. The van der Waals surface area contributed by atoms with Gasteiger partial charge in [-0.3, -0.25) is 9.59 Å². The summed E-state index contributed by atoms with van der Waals surface area (Å²) in [5.74, 6) is -2.65. The van der Waals surface area contributed by atoms with Crippen LogP contribution in [0.2, 0.25) is 0 Å². The van der Waals surface area contributed by atoms with Crippen LogP contribution in [0.15, 0.2) is 18.2 Å². The van der Waals surface area contributed by atoms with E-state index in [1.807, 2.05) is 41.5 Å². The van der Waals surface area contributed by atoms with Crippen molar-refractivity contribution in [3.8, 4) is 11.5 Å². The third-order valence-corrected chi connectivity index (χ3v) is 7.07. The van der Waals surface area contributed by atoms with Gasteiger partial charge >= 0.3 is 24.2 Å². The maximum atomic E-state index is 12.6. The molecule has 0 radical (unpaired) electrons. The van der Waals surface area contributed by atoms with Gasteiger partial charge in [0.1, 0.15) is 18.2 Å². The number of nitrogens with two attached hydrogens (primary N) is 1. The molecule has 11 heteroatoms. The van der Waals surface area contributed by atoms with E-state index in [1.165, 1.54) is 18.2 Å². The summed E-state index contributed by atoms with van der Waals surface area (Å²) in [4.78, 5) is 49.2. The first kappa shape index (κ1) is 35.7. The molecule has 0 spiro atoms. The SMILES string of the molecule is CCC(C)CC(=O)OC(C)CC(c1ccc(OC(=O)OC(C)C(C)C)c(OC(=O)OC(C)C(C)C)c1)[C@H](N)C(=O)O. The molecule has 1 aromatic rings. The van der Waals surface area contributed by atoms with Crippen molar-refractivity contribution in [2.24, 2.45) is 23.5 Å². The van der Waals surface area contributed by atoms with Crippen molar-refractivity contribution < 1.29 is 48.0 Å². The van der Waals surface area contributed by atoms with Crippen molar-refractivity contribution in [2.75, 3.05) is 0 Å². The third-order valence-electron chi connectivity index (χ3n) is 7.07. The molecule has 41 heavy (non-hydrogen) atoms. The van der Waals surface area contributed by atoms with Crippen LogP contribution in [-0.2, 0) is 23.8 Å².